The van der Waals surface area contributed by atoms with Crippen LogP contribution in [0.15, 0.2) is 66.9 Å². The molecule has 4 N–H and O–H groups in total. The van der Waals surface area contributed by atoms with E-state index in [1.165, 1.54) is 7.11 Å². The van der Waals surface area contributed by atoms with E-state index >= 15 is 0 Å². The van der Waals surface area contributed by atoms with Gasteiger partial charge in [-0.2, -0.15) is 0 Å². The first-order valence-electron chi connectivity index (χ1n) is 12.3. The Labute approximate surface area is 228 Å². The van der Waals surface area contributed by atoms with Crippen LogP contribution in [0.3, 0.4) is 0 Å². The summed E-state index contributed by atoms with van der Waals surface area (Å²) < 4.78 is 4.66. The van der Waals surface area contributed by atoms with Crippen LogP contribution in [-0.2, 0) is 9.53 Å². The molecular formula is C28H25ClN6O4. The van der Waals surface area contributed by atoms with Crippen molar-refractivity contribution in [1.82, 2.24) is 20.3 Å². The number of amides is 3. The molecule has 4 aromatic rings. The van der Waals surface area contributed by atoms with Gasteiger partial charge in [0, 0.05) is 29.3 Å². The Bertz CT molecular complexity index is 1590. The van der Waals surface area contributed by atoms with Crippen molar-refractivity contribution in [1.29, 1.82) is 0 Å². The van der Waals surface area contributed by atoms with Crippen LogP contribution in [-0.4, -0.2) is 40.0 Å². The van der Waals surface area contributed by atoms with Crippen molar-refractivity contribution >= 4 is 51.8 Å². The first-order valence-corrected chi connectivity index (χ1v) is 12.6. The van der Waals surface area contributed by atoms with Crippen LogP contribution in [0.1, 0.15) is 41.5 Å². The van der Waals surface area contributed by atoms with Crippen molar-refractivity contribution in [3.05, 3.63) is 83.4 Å². The molecule has 39 heavy (non-hydrogen) atoms. The van der Waals surface area contributed by atoms with Crippen molar-refractivity contribution in [2.24, 2.45) is 0 Å². The molecular weight excluding hydrogens is 520 g/mol. The number of methoxy groups -OCH3 is 1. The number of carbonyl (C=O) groups excluding carboxylic acids is 3. The summed E-state index contributed by atoms with van der Waals surface area (Å²) in [6.07, 6.45) is 5.95. The quantitative estimate of drug-likeness (QED) is 0.247. The van der Waals surface area contributed by atoms with Gasteiger partial charge in [-0.15, -0.1) is 0 Å². The summed E-state index contributed by atoms with van der Waals surface area (Å²) in [7, 11) is 1.26. The molecule has 11 heteroatoms. The second-order valence-electron chi connectivity index (χ2n) is 8.86. The Morgan fingerprint density at radius 2 is 1.97 bits per heavy atom. The third-order valence-electron chi connectivity index (χ3n) is 6.25. The highest BCUT2D eigenvalue weighted by Gasteiger charge is 2.24. The fourth-order valence-corrected chi connectivity index (χ4v) is 4.59. The third kappa shape index (κ3) is 5.75. The Morgan fingerprint density at radius 1 is 1.13 bits per heavy atom. The molecule has 2 aromatic carbocycles. The molecule has 0 saturated heterocycles. The second-order valence-corrected chi connectivity index (χ2v) is 9.24. The number of pyridine rings is 1. The second kappa shape index (κ2) is 11.4. The van der Waals surface area contributed by atoms with E-state index in [2.05, 4.69) is 30.7 Å². The van der Waals surface area contributed by atoms with Crippen molar-refractivity contribution in [2.75, 3.05) is 17.7 Å². The lowest BCUT2D eigenvalue weighted by Crippen LogP contribution is -2.29. The van der Waals surface area contributed by atoms with Gasteiger partial charge in [0.2, 0.25) is 5.91 Å². The van der Waals surface area contributed by atoms with E-state index in [0.717, 1.165) is 5.39 Å². The summed E-state index contributed by atoms with van der Waals surface area (Å²) in [4.78, 5) is 50.0. The first kappa shape index (κ1) is 25.9. The van der Waals surface area contributed by atoms with Crippen molar-refractivity contribution in [2.45, 2.75) is 25.3 Å². The van der Waals surface area contributed by atoms with Gasteiger partial charge in [-0.05, 0) is 43.2 Å². The van der Waals surface area contributed by atoms with Crippen LogP contribution in [0.4, 0.5) is 16.2 Å². The topological polar surface area (TPSA) is 138 Å². The van der Waals surface area contributed by atoms with Gasteiger partial charge in [0.15, 0.2) is 0 Å². The molecule has 0 saturated carbocycles. The van der Waals surface area contributed by atoms with Gasteiger partial charge < -0.3 is 20.4 Å². The molecule has 0 radical (unpaired) electrons. The number of hydrogen-bond donors (Lipinski definition) is 4. The fraction of sp³-hybridized carbons (Fsp3) is 0.179. The van der Waals surface area contributed by atoms with Crippen LogP contribution >= 0.6 is 11.6 Å². The zero-order chi connectivity index (χ0) is 27.4. The van der Waals surface area contributed by atoms with Crippen molar-refractivity contribution < 1.29 is 19.1 Å². The van der Waals surface area contributed by atoms with E-state index in [1.807, 2.05) is 36.4 Å². The number of para-hydroxylation sites is 1. The highest BCUT2D eigenvalue weighted by Crippen LogP contribution is 2.35. The number of carbonyl (C=O) groups is 3. The molecule has 2 aromatic heterocycles. The van der Waals surface area contributed by atoms with Crippen LogP contribution in [0, 0.1) is 0 Å². The zero-order valence-corrected chi connectivity index (χ0v) is 21.7. The highest BCUT2D eigenvalue weighted by atomic mass is 35.5. The van der Waals surface area contributed by atoms with Gasteiger partial charge in [-0.1, -0.05) is 42.0 Å². The molecule has 2 bridgehead atoms. The maximum absolute atomic E-state index is 13.4. The highest BCUT2D eigenvalue weighted by molar-refractivity contribution is 6.32. The lowest BCUT2D eigenvalue weighted by atomic mass is 10.1. The normalized spacial score (nSPS) is 15.2. The number of anilines is 2. The first-order chi connectivity index (χ1) is 18.9. The Hall–Kier alpha value is -4.70. The summed E-state index contributed by atoms with van der Waals surface area (Å²) in [6, 6.07) is 13.6. The molecule has 1 atom stereocenters. The van der Waals surface area contributed by atoms with E-state index in [1.54, 1.807) is 30.5 Å². The number of ether oxygens (including phenoxy) is 1. The van der Waals surface area contributed by atoms with E-state index in [-0.39, 0.29) is 23.4 Å². The predicted octanol–water partition coefficient (Wildman–Crippen LogP) is 5.61. The number of benzene rings is 2. The smallest absolute Gasteiger partial charge is 0.411 e. The predicted molar refractivity (Wildman–Crippen MR) is 149 cm³/mol. The molecule has 3 heterocycles. The van der Waals surface area contributed by atoms with Gasteiger partial charge >= 0.3 is 6.09 Å². The summed E-state index contributed by atoms with van der Waals surface area (Å²) >= 11 is 6.60. The average molecular weight is 545 g/mol. The molecule has 198 valence electrons. The third-order valence-corrected chi connectivity index (χ3v) is 6.52. The molecule has 3 amide bonds. The number of nitrogens with zero attached hydrogens (tertiary/aromatic N) is 2. The van der Waals surface area contributed by atoms with Crippen molar-refractivity contribution in [3.8, 4) is 11.3 Å². The largest absolute Gasteiger partial charge is 0.453 e. The van der Waals surface area contributed by atoms with E-state index in [4.69, 9.17) is 16.6 Å². The number of imidazole rings is 1. The van der Waals surface area contributed by atoms with Gasteiger partial charge in [0.1, 0.15) is 16.7 Å². The Balaban J connectivity index is 1.52. The summed E-state index contributed by atoms with van der Waals surface area (Å²) in [5, 5.41) is 9.63. The number of fused-ring (bicyclic) bond motifs is 5. The molecule has 1 aliphatic heterocycles. The number of aromatic amines is 1. The number of hydrogen-bond acceptors (Lipinski definition) is 6. The van der Waals surface area contributed by atoms with Gasteiger partial charge in [0.05, 0.1) is 29.9 Å². The number of halogens is 1. The van der Waals surface area contributed by atoms with E-state index in [9.17, 15) is 14.4 Å². The maximum atomic E-state index is 13.4. The lowest BCUT2D eigenvalue weighted by molar-refractivity contribution is -0.116. The minimum atomic E-state index is -0.642. The molecule has 0 fully saturated rings. The van der Waals surface area contributed by atoms with Crippen LogP contribution < -0.4 is 16.0 Å². The van der Waals surface area contributed by atoms with Gasteiger partial charge in [0.25, 0.3) is 5.91 Å². The number of rotatable bonds is 3. The van der Waals surface area contributed by atoms with E-state index < -0.39 is 12.1 Å². The molecule has 0 aliphatic carbocycles. The molecule has 1 aliphatic rings. The maximum Gasteiger partial charge on any atom is 0.411 e. The van der Waals surface area contributed by atoms with Crippen molar-refractivity contribution in [3.63, 3.8) is 0 Å². The van der Waals surface area contributed by atoms with Crippen LogP contribution in [0.5, 0.6) is 0 Å². The summed E-state index contributed by atoms with van der Waals surface area (Å²) in [5.41, 5.74) is 2.82. The lowest BCUT2D eigenvalue weighted by Gasteiger charge is -2.16. The average Bonchev–Trinajstić information content (AvgIpc) is 3.32. The Kier molecular flexibility index (Phi) is 7.55. The SMILES string of the molecule is COC(=O)Nc1ccc2c(c1)NC(=O)CCC=CCC(NC(=O)c1cccc3cccnc13)c1nc-2c(Cl)[nH]1. The minimum absolute atomic E-state index is 0.212. The number of H-pyrrole nitrogens is 1. The molecule has 0 spiro atoms. The molecule has 5 rings (SSSR count). The van der Waals surface area contributed by atoms with Crippen LogP contribution in [0.2, 0.25) is 5.15 Å². The van der Waals surface area contributed by atoms with Gasteiger partial charge in [-0.3, -0.25) is 19.9 Å². The number of allylic oxidation sites excluding steroid dienone is 1. The fourth-order valence-electron chi connectivity index (χ4n) is 4.35. The summed E-state index contributed by atoms with van der Waals surface area (Å²) in [5.74, 6) is -0.0584. The standard InChI is InChI=1S/C28H25ClN6O4/c1-39-28(38)31-17-12-13-18-21(15-17)32-22(36)11-4-2-3-10-20(26-34-24(18)25(29)35-26)33-27(37)19-9-5-7-16-8-6-14-30-23(16)19/h2-3,5-9,12-15,20H,4,10-11H2,1H3,(H,31,38)(H,32,36)(H,33,37)(H,34,35). The number of aromatic nitrogens is 3. The monoisotopic (exact) mass is 544 g/mol. The zero-order valence-electron chi connectivity index (χ0n) is 21.0. The van der Waals surface area contributed by atoms with E-state index in [0.29, 0.717) is 52.4 Å². The number of nitrogens with one attached hydrogen (secondary N) is 4. The van der Waals surface area contributed by atoms with Crippen LogP contribution in [0.25, 0.3) is 22.2 Å². The Morgan fingerprint density at radius 3 is 2.82 bits per heavy atom. The molecule has 10 nitrogen and oxygen atoms in total. The minimum Gasteiger partial charge on any atom is -0.453 e. The molecule has 1 unspecified atom stereocenters. The van der Waals surface area contributed by atoms with Gasteiger partial charge in [-0.25, -0.2) is 9.78 Å². The summed E-state index contributed by atoms with van der Waals surface area (Å²) in [6.45, 7) is 0.